The number of imidazole rings is 1. The Morgan fingerprint density at radius 1 is 0.850 bits per heavy atom. The van der Waals surface area contributed by atoms with Crippen LogP contribution in [-0.2, 0) is 19.6 Å². The van der Waals surface area contributed by atoms with Gasteiger partial charge < -0.3 is 13.7 Å². The molecule has 6 rings (SSSR count). The molecule has 0 amide bonds. The molecule has 0 radical (unpaired) electrons. The van der Waals surface area contributed by atoms with Crippen molar-refractivity contribution >= 4 is 11.0 Å². The third-order valence-electron chi connectivity index (χ3n) is 6.61. The van der Waals surface area contributed by atoms with Crippen LogP contribution in [0.2, 0.25) is 0 Å². The number of benzene rings is 3. The van der Waals surface area contributed by atoms with Gasteiger partial charge in [-0.25, -0.2) is 18.7 Å². The van der Waals surface area contributed by atoms with Crippen LogP contribution in [0.5, 0.6) is 5.88 Å². The van der Waals surface area contributed by atoms with E-state index in [0.29, 0.717) is 35.3 Å². The molecule has 40 heavy (non-hydrogen) atoms. The van der Waals surface area contributed by atoms with Gasteiger partial charge in [-0.1, -0.05) is 36.4 Å². The number of nitriles is 1. The first-order valence-electron chi connectivity index (χ1n) is 12.6. The van der Waals surface area contributed by atoms with Gasteiger partial charge in [0.05, 0.1) is 41.2 Å². The zero-order chi connectivity index (χ0) is 27.5. The Kier molecular flexibility index (Phi) is 6.77. The van der Waals surface area contributed by atoms with Crippen LogP contribution in [0.15, 0.2) is 102 Å². The number of pyridine rings is 1. The summed E-state index contributed by atoms with van der Waals surface area (Å²) in [6.07, 6.45) is 1.93. The fourth-order valence-electron chi connectivity index (χ4n) is 4.56. The lowest BCUT2D eigenvalue weighted by Crippen LogP contribution is -2.06. The summed E-state index contributed by atoms with van der Waals surface area (Å²) >= 11 is 0. The molecule has 3 heterocycles. The quantitative estimate of drug-likeness (QED) is 0.210. The highest BCUT2D eigenvalue weighted by Crippen LogP contribution is 2.26. The number of nitrogens with zero attached hydrogens (tertiary/aromatic N) is 4. The largest absolute Gasteiger partial charge is 0.473 e. The molecule has 0 bridgehead atoms. The summed E-state index contributed by atoms with van der Waals surface area (Å²) in [5, 5.41) is 8.91. The van der Waals surface area contributed by atoms with E-state index in [-0.39, 0.29) is 23.9 Å². The zero-order valence-electron chi connectivity index (χ0n) is 21.2. The first-order chi connectivity index (χ1) is 19.6. The van der Waals surface area contributed by atoms with Crippen molar-refractivity contribution in [3.63, 3.8) is 0 Å². The average molecular weight is 533 g/mol. The minimum atomic E-state index is -0.523. The molecular weight excluding hydrogens is 510 g/mol. The van der Waals surface area contributed by atoms with E-state index in [1.807, 2.05) is 53.1 Å². The van der Waals surface area contributed by atoms with Gasteiger partial charge >= 0.3 is 0 Å². The van der Waals surface area contributed by atoms with Gasteiger partial charge in [0, 0.05) is 23.6 Å². The predicted octanol–water partition coefficient (Wildman–Crippen LogP) is 7.06. The third-order valence-corrected chi connectivity index (χ3v) is 6.61. The molecule has 0 saturated heterocycles. The van der Waals surface area contributed by atoms with Gasteiger partial charge in [0.1, 0.15) is 29.8 Å². The molecule has 6 aromatic rings. The number of hydrogen-bond acceptors (Lipinski definition) is 5. The maximum Gasteiger partial charge on any atom is 0.214 e. The third kappa shape index (κ3) is 5.18. The fourth-order valence-corrected chi connectivity index (χ4v) is 4.56. The first-order valence-corrected chi connectivity index (χ1v) is 12.6. The van der Waals surface area contributed by atoms with Crippen LogP contribution in [-0.4, -0.2) is 14.5 Å². The Morgan fingerprint density at radius 2 is 1.70 bits per heavy atom. The summed E-state index contributed by atoms with van der Waals surface area (Å²) in [4.78, 5) is 9.24. The van der Waals surface area contributed by atoms with Gasteiger partial charge in [-0.2, -0.15) is 5.26 Å². The predicted molar refractivity (Wildman–Crippen MR) is 145 cm³/mol. The normalized spacial score (nSPS) is 11.0. The number of para-hydroxylation sites is 2. The van der Waals surface area contributed by atoms with Crippen LogP contribution in [0, 0.1) is 23.0 Å². The van der Waals surface area contributed by atoms with E-state index in [1.54, 1.807) is 30.5 Å². The van der Waals surface area contributed by atoms with E-state index in [9.17, 15) is 4.39 Å². The van der Waals surface area contributed by atoms with E-state index < -0.39 is 5.82 Å². The van der Waals surface area contributed by atoms with E-state index in [1.165, 1.54) is 24.3 Å². The van der Waals surface area contributed by atoms with Gasteiger partial charge in [0.25, 0.3) is 0 Å². The molecule has 196 valence electrons. The van der Waals surface area contributed by atoms with Crippen molar-refractivity contribution in [1.29, 1.82) is 5.26 Å². The number of rotatable bonds is 8. The fraction of sp³-hybridized carbons (Fsp3) is 0.0938. The van der Waals surface area contributed by atoms with Crippen molar-refractivity contribution < 1.29 is 17.9 Å². The van der Waals surface area contributed by atoms with Crippen LogP contribution in [0.1, 0.15) is 28.3 Å². The second-order valence-electron chi connectivity index (χ2n) is 9.23. The van der Waals surface area contributed by atoms with Crippen molar-refractivity contribution in [1.82, 2.24) is 14.5 Å². The molecule has 3 aromatic carbocycles. The highest BCUT2D eigenvalue weighted by Gasteiger charge is 2.15. The van der Waals surface area contributed by atoms with E-state index in [4.69, 9.17) is 19.4 Å². The van der Waals surface area contributed by atoms with Crippen LogP contribution >= 0.6 is 0 Å². The molecule has 0 atom stereocenters. The molecule has 0 spiro atoms. The average Bonchev–Trinajstić information content (AvgIpc) is 3.62. The van der Waals surface area contributed by atoms with Gasteiger partial charge in [0.15, 0.2) is 0 Å². The summed E-state index contributed by atoms with van der Waals surface area (Å²) < 4.78 is 42.9. The van der Waals surface area contributed by atoms with Gasteiger partial charge in [-0.05, 0) is 54.1 Å². The monoisotopic (exact) mass is 532 g/mol. The highest BCUT2D eigenvalue weighted by atomic mass is 19.1. The van der Waals surface area contributed by atoms with Crippen molar-refractivity contribution in [2.45, 2.75) is 19.6 Å². The van der Waals surface area contributed by atoms with E-state index in [0.717, 1.165) is 22.6 Å². The summed E-state index contributed by atoms with van der Waals surface area (Å²) in [6.45, 7) is 0.436. The molecule has 6 nitrogen and oxygen atoms in total. The lowest BCUT2D eigenvalue weighted by atomic mass is 10.1. The van der Waals surface area contributed by atoms with Gasteiger partial charge in [0.2, 0.25) is 5.88 Å². The minimum Gasteiger partial charge on any atom is -0.473 e. The van der Waals surface area contributed by atoms with Gasteiger partial charge in [-0.15, -0.1) is 0 Å². The molecule has 0 aliphatic rings. The smallest absolute Gasteiger partial charge is 0.214 e. The molecule has 0 aliphatic heterocycles. The molecule has 8 heteroatoms. The van der Waals surface area contributed by atoms with E-state index >= 15 is 4.39 Å². The molecule has 0 N–H and O–H groups in total. The number of fused-ring (bicyclic) bond motifs is 1. The molecule has 0 unspecified atom stereocenters. The number of ether oxygens (including phenoxy) is 1. The molecule has 0 saturated carbocycles. The second-order valence-corrected chi connectivity index (χ2v) is 9.23. The Hall–Kier alpha value is -5.29. The van der Waals surface area contributed by atoms with Crippen LogP contribution in [0.25, 0.3) is 22.3 Å². The number of furan rings is 1. The van der Waals surface area contributed by atoms with Crippen LogP contribution in [0.3, 0.4) is 0 Å². The standard InChI is InChI=1S/C32H22F2N4O2/c33-26-15-21(18-35)10-11-24(26)20-40-32-9-3-7-28(37-32)23-13-12-22(27(34)16-23)17-31-36-29-6-1-2-8-30(29)38(31)19-25-5-4-14-39-25/h1-16H,17,19-20H2. The van der Waals surface area contributed by atoms with Gasteiger partial charge in [-0.3, -0.25) is 0 Å². The molecule has 0 fully saturated rings. The topological polar surface area (TPSA) is 76.9 Å². The van der Waals surface area contributed by atoms with Crippen molar-refractivity contribution in [3.05, 3.63) is 137 Å². The maximum absolute atomic E-state index is 15.4. The second kappa shape index (κ2) is 10.8. The Balaban J connectivity index is 1.22. The summed E-state index contributed by atoms with van der Waals surface area (Å²) in [5.41, 5.74) is 3.94. The molecular formula is C32H22F2N4O2. The summed E-state index contributed by atoms with van der Waals surface area (Å²) in [6, 6.07) is 27.8. The number of halogens is 2. The van der Waals surface area contributed by atoms with Crippen molar-refractivity contribution in [2.75, 3.05) is 0 Å². The summed E-state index contributed by atoms with van der Waals surface area (Å²) in [5.74, 6) is 0.896. The first kappa shape index (κ1) is 25.0. The van der Waals surface area contributed by atoms with Crippen LogP contribution < -0.4 is 4.74 Å². The van der Waals surface area contributed by atoms with Crippen LogP contribution in [0.4, 0.5) is 8.78 Å². The Bertz CT molecular complexity index is 1860. The highest BCUT2D eigenvalue weighted by molar-refractivity contribution is 5.76. The SMILES string of the molecule is N#Cc1ccc(COc2cccc(-c3ccc(Cc4nc5ccccc5n4Cc4ccco4)c(F)c3)n2)c(F)c1. The lowest BCUT2D eigenvalue weighted by Gasteiger charge is -2.11. The lowest BCUT2D eigenvalue weighted by molar-refractivity contribution is 0.288. The number of aromatic nitrogens is 3. The Labute approximate surface area is 228 Å². The van der Waals surface area contributed by atoms with Crippen molar-refractivity contribution in [2.24, 2.45) is 0 Å². The summed E-state index contributed by atoms with van der Waals surface area (Å²) in [7, 11) is 0. The zero-order valence-corrected chi connectivity index (χ0v) is 21.2. The molecule has 3 aromatic heterocycles. The molecule has 0 aliphatic carbocycles. The number of hydrogen-bond donors (Lipinski definition) is 0. The van der Waals surface area contributed by atoms with E-state index in [2.05, 4.69) is 4.98 Å². The maximum atomic E-state index is 15.4. The van der Waals surface area contributed by atoms with Crippen molar-refractivity contribution in [3.8, 4) is 23.2 Å². The Morgan fingerprint density at radius 3 is 2.50 bits per heavy atom. The minimum absolute atomic E-state index is 0.0553.